The lowest BCUT2D eigenvalue weighted by Gasteiger charge is -2.15. The first-order chi connectivity index (χ1) is 8.02. The molecular formula is C10H12ClN3O3. The molecule has 5 N–H and O–H groups in total. The number of rotatable bonds is 4. The molecule has 0 spiro atoms. The van der Waals surface area contributed by atoms with Crippen molar-refractivity contribution in [1.29, 1.82) is 0 Å². The second kappa shape index (κ2) is 5.95. The molecule has 0 aliphatic carbocycles. The zero-order chi connectivity index (χ0) is 12.8. The normalized spacial score (nSPS) is 13.1. The number of benzene rings is 1. The smallest absolute Gasteiger partial charge is 0.405 e. The summed E-state index contributed by atoms with van der Waals surface area (Å²) in [5.41, 5.74) is 6.21. The molecule has 92 valence electrons. The molecule has 1 aromatic rings. The molecule has 0 bridgehead atoms. The van der Waals surface area contributed by atoms with E-state index in [1.807, 2.05) is 0 Å². The minimum Gasteiger partial charge on any atom is -0.465 e. The van der Waals surface area contributed by atoms with Crippen LogP contribution in [0.15, 0.2) is 29.4 Å². The number of amides is 1. The van der Waals surface area contributed by atoms with Gasteiger partial charge in [0, 0.05) is 11.4 Å². The van der Waals surface area contributed by atoms with Gasteiger partial charge < -0.3 is 21.4 Å². The van der Waals surface area contributed by atoms with Gasteiger partial charge in [-0.2, -0.15) is 0 Å². The summed E-state index contributed by atoms with van der Waals surface area (Å²) in [6, 6.07) is 6.06. The summed E-state index contributed by atoms with van der Waals surface area (Å²) in [7, 11) is 0. The number of carboxylic acid groups (broad SMARTS) is 1. The summed E-state index contributed by atoms with van der Waals surface area (Å²) in [5.74, 6) is -0.192. The van der Waals surface area contributed by atoms with Crippen LogP contribution in [0.5, 0.6) is 0 Å². The molecule has 0 aliphatic rings. The second-order valence-electron chi connectivity index (χ2n) is 3.36. The Balaban J connectivity index is 2.78. The summed E-state index contributed by atoms with van der Waals surface area (Å²) >= 11 is 5.72. The number of nitrogens with zero attached hydrogens (tertiary/aromatic N) is 1. The van der Waals surface area contributed by atoms with Crippen molar-refractivity contribution in [1.82, 2.24) is 5.32 Å². The van der Waals surface area contributed by atoms with Crippen LogP contribution in [0.2, 0.25) is 5.02 Å². The summed E-state index contributed by atoms with van der Waals surface area (Å²) < 4.78 is 0. The van der Waals surface area contributed by atoms with Crippen LogP contribution < -0.4 is 11.1 Å². The molecule has 1 aromatic carbocycles. The zero-order valence-corrected chi connectivity index (χ0v) is 9.55. The number of nitrogens with two attached hydrogens (primary N) is 1. The van der Waals surface area contributed by atoms with Crippen LogP contribution in [-0.2, 0) is 6.42 Å². The Morgan fingerprint density at radius 2 is 2.06 bits per heavy atom. The lowest BCUT2D eigenvalue weighted by molar-refractivity contribution is 0.192. The zero-order valence-electron chi connectivity index (χ0n) is 8.80. The molecule has 0 aliphatic heterocycles. The van der Waals surface area contributed by atoms with E-state index in [1.54, 1.807) is 24.3 Å². The fourth-order valence-corrected chi connectivity index (χ4v) is 1.43. The predicted molar refractivity (Wildman–Crippen MR) is 63.5 cm³/mol. The fourth-order valence-electron chi connectivity index (χ4n) is 1.30. The number of carbonyl (C=O) groups is 1. The van der Waals surface area contributed by atoms with Gasteiger partial charge in [0.2, 0.25) is 0 Å². The van der Waals surface area contributed by atoms with Crippen molar-refractivity contribution >= 4 is 23.5 Å². The van der Waals surface area contributed by atoms with E-state index >= 15 is 0 Å². The second-order valence-corrected chi connectivity index (χ2v) is 3.79. The third-order valence-corrected chi connectivity index (χ3v) is 2.38. The molecule has 0 fully saturated rings. The largest absolute Gasteiger partial charge is 0.465 e. The van der Waals surface area contributed by atoms with E-state index in [9.17, 15) is 4.79 Å². The highest BCUT2D eigenvalue weighted by Gasteiger charge is 2.16. The van der Waals surface area contributed by atoms with Crippen molar-refractivity contribution in [3.8, 4) is 0 Å². The molecule has 17 heavy (non-hydrogen) atoms. The maximum Gasteiger partial charge on any atom is 0.405 e. The van der Waals surface area contributed by atoms with Gasteiger partial charge >= 0.3 is 6.09 Å². The molecule has 1 amide bonds. The molecule has 7 heteroatoms. The van der Waals surface area contributed by atoms with Crippen molar-refractivity contribution in [2.24, 2.45) is 10.9 Å². The Labute approximate surface area is 103 Å². The van der Waals surface area contributed by atoms with Crippen LogP contribution in [0.3, 0.4) is 0 Å². The molecule has 1 unspecified atom stereocenters. The monoisotopic (exact) mass is 257 g/mol. The van der Waals surface area contributed by atoms with E-state index in [4.69, 9.17) is 27.6 Å². The van der Waals surface area contributed by atoms with Gasteiger partial charge in [-0.1, -0.05) is 28.9 Å². The standard InChI is InChI=1S/C10H12ClN3O3/c11-7-3-1-6(2-4-7)5-8(9(12)14-17)13-10(15)16/h1-4,8,13,17H,5H2,(H2,12,14)(H,15,16). The number of amidine groups is 1. The molecule has 0 radical (unpaired) electrons. The molecule has 1 rings (SSSR count). The van der Waals surface area contributed by atoms with Gasteiger partial charge in [0.25, 0.3) is 0 Å². The number of halogens is 1. The summed E-state index contributed by atoms with van der Waals surface area (Å²) in [5, 5.41) is 22.7. The SMILES string of the molecule is NC(=NO)C(Cc1ccc(Cl)cc1)NC(=O)O. The highest BCUT2D eigenvalue weighted by atomic mass is 35.5. The number of hydrogen-bond acceptors (Lipinski definition) is 3. The van der Waals surface area contributed by atoms with Crippen molar-refractivity contribution in [2.75, 3.05) is 0 Å². The summed E-state index contributed by atoms with van der Waals surface area (Å²) in [6.45, 7) is 0. The van der Waals surface area contributed by atoms with Gasteiger partial charge in [-0.15, -0.1) is 0 Å². The number of hydrogen-bond donors (Lipinski definition) is 4. The Hall–Kier alpha value is -1.95. The number of oxime groups is 1. The summed E-state index contributed by atoms with van der Waals surface area (Å²) in [4.78, 5) is 10.6. The Kier molecular flexibility index (Phi) is 4.59. The first-order valence-electron chi connectivity index (χ1n) is 4.74. The Bertz CT molecular complexity index is 419. The molecule has 0 saturated heterocycles. The van der Waals surface area contributed by atoms with E-state index < -0.39 is 12.1 Å². The van der Waals surface area contributed by atoms with Crippen LogP contribution in [0, 0.1) is 0 Å². The minimum absolute atomic E-state index is 0.192. The van der Waals surface area contributed by atoms with Crippen LogP contribution in [0.1, 0.15) is 5.56 Å². The molecule has 0 aromatic heterocycles. The summed E-state index contributed by atoms with van der Waals surface area (Å²) in [6.07, 6.45) is -0.963. The lowest BCUT2D eigenvalue weighted by atomic mass is 10.1. The van der Waals surface area contributed by atoms with Crippen LogP contribution >= 0.6 is 11.6 Å². The molecule has 6 nitrogen and oxygen atoms in total. The topological polar surface area (TPSA) is 108 Å². The van der Waals surface area contributed by atoms with Gasteiger partial charge in [-0.3, -0.25) is 0 Å². The maximum absolute atomic E-state index is 10.6. The van der Waals surface area contributed by atoms with Crippen molar-refractivity contribution < 1.29 is 15.1 Å². The van der Waals surface area contributed by atoms with Crippen LogP contribution in [-0.4, -0.2) is 28.3 Å². The van der Waals surface area contributed by atoms with Crippen molar-refractivity contribution in [3.05, 3.63) is 34.9 Å². The maximum atomic E-state index is 10.6. The highest BCUT2D eigenvalue weighted by Crippen LogP contribution is 2.11. The quantitative estimate of drug-likeness (QED) is 0.282. The Morgan fingerprint density at radius 3 is 2.53 bits per heavy atom. The van der Waals surface area contributed by atoms with Crippen molar-refractivity contribution in [2.45, 2.75) is 12.5 Å². The first kappa shape index (κ1) is 13.1. The predicted octanol–water partition coefficient (Wildman–Crippen LogP) is 1.27. The van der Waals surface area contributed by atoms with E-state index in [0.717, 1.165) is 5.56 Å². The molecule has 0 saturated carbocycles. The third kappa shape index (κ3) is 4.20. The highest BCUT2D eigenvalue weighted by molar-refractivity contribution is 6.30. The van der Waals surface area contributed by atoms with Crippen LogP contribution in [0.25, 0.3) is 0 Å². The fraction of sp³-hybridized carbons (Fsp3) is 0.200. The third-order valence-electron chi connectivity index (χ3n) is 2.12. The molecule has 1 atom stereocenters. The molecular weight excluding hydrogens is 246 g/mol. The minimum atomic E-state index is -1.24. The van der Waals surface area contributed by atoms with E-state index in [-0.39, 0.29) is 12.3 Å². The van der Waals surface area contributed by atoms with E-state index in [2.05, 4.69) is 10.5 Å². The first-order valence-corrected chi connectivity index (χ1v) is 5.12. The average Bonchev–Trinajstić information content (AvgIpc) is 2.29. The lowest BCUT2D eigenvalue weighted by Crippen LogP contribution is -2.45. The van der Waals surface area contributed by atoms with Gasteiger partial charge in [0.1, 0.15) is 0 Å². The number of nitrogens with one attached hydrogen (secondary N) is 1. The van der Waals surface area contributed by atoms with Gasteiger partial charge in [-0.25, -0.2) is 4.79 Å². The average molecular weight is 258 g/mol. The van der Waals surface area contributed by atoms with Gasteiger partial charge in [0.15, 0.2) is 5.84 Å². The van der Waals surface area contributed by atoms with Crippen LogP contribution in [0.4, 0.5) is 4.79 Å². The van der Waals surface area contributed by atoms with E-state index in [1.165, 1.54) is 0 Å². The van der Waals surface area contributed by atoms with E-state index in [0.29, 0.717) is 5.02 Å². The molecule has 0 heterocycles. The van der Waals surface area contributed by atoms with Gasteiger partial charge in [-0.05, 0) is 17.7 Å². The van der Waals surface area contributed by atoms with Crippen molar-refractivity contribution in [3.63, 3.8) is 0 Å². The Morgan fingerprint density at radius 1 is 1.47 bits per heavy atom. The van der Waals surface area contributed by atoms with Gasteiger partial charge in [0.05, 0.1) is 6.04 Å².